The first-order valence-electron chi connectivity index (χ1n) is 4.43. The minimum Gasteiger partial charge on any atom is -0.361 e. The Kier molecular flexibility index (Phi) is 2.46. The Morgan fingerprint density at radius 1 is 1.43 bits per heavy atom. The summed E-state index contributed by atoms with van der Waals surface area (Å²) in [5, 5.41) is 0.811. The number of rotatable bonds is 2. The molecule has 0 unspecified atom stereocenters. The molecule has 2 rings (SSSR count). The molecule has 0 aliphatic rings. The van der Waals surface area contributed by atoms with Crippen molar-refractivity contribution in [3.8, 4) is 0 Å². The van der Waals surface area contributed by atoms with Crippen molar-refractivity contribution in [3.05, 3.63) is 30.1 Å². The number of hydrogen-bond donors (Lipinski definition) is 0. The summed E-state index contributed by atoms with van der Waals surface area (Å²) in [6, 6.07) is 6.03. The number of fused-ring (bicyclic) bond motifs is 1. The molecular weight excluding hydrogens is 242 g/mol. The lowest BCUT2D eigenvalue weighted by Crippen LogP contribution is -2.11. The summed E-state index contributed by atoms with van der Waals surface area (Å²) in [4.78, 5) is 6.57. The van der Waals surface area contributed by atoms with E-state index in [4.69, 9.17) is 0 Å². The SMILES string of the molecule is CN(C)c1nc2ccccn2c1CBr. The zero-order valence-corrected chi connectivity index (χ0v) is 9.82. The molecule has 0 spiro atoms. The van der Waals surface area contributed by atoms with Gasteiger partial charge < -0.3 is 9.30 Å². The maximum atomic E-state index is 4.54. The topological polar surface area (TPSA) is 20.5 Å². The van der Waals surface area contributed by atoms with Crippen molar-refractivity contribution in [2.24, 2.45) is 0 Å². The van der Waals surface area contributed by atoms with Crippen LogP contribution in [0.4, 0.5) is 5.82 Å². The molecule has 0 saturated carbocycles. The maximum absolute atomic E-state index is 4.54. The molecule has 2 aromatic rings. The van der Waals surface area contributed by atoms with Gasteiger partial charge in [0.25, 0.3) is 0 Å². The molecular formula is C10H12BrN3. The minimum atomic E-state index is 0.811. The Bertz CT molecular complexity index is 448. The van der Waals surface area contributed by atoms with Crippen molar-refractivity contribution in [2.45, 2.75) is 5.33 Å². The van der Waals surface area contributed by atoms with E-state index in [9.17, 15) is 0 Å². The zero-order chi connectivity index (χ0) is 10.1. The van der Waals surface area contributed by atoms with Crippen LogP contribution in [-0.4, -0.2) is 23.5 Å². The summed E-state index contributed by atoms with van der Waals surface area (Å²) in [6.07, 6.45) is 2.03. The Labute approximate surface area is 91.5 Å². The standard InChI is InChI=1S/C10H12BrN3/c1-13(2)10-8(7-11)14-6-4-3-5-9(14)12-10/h3-6H,7H2,1-2H3. The van der Waals surface area contributed by atoms with E-state index < -0.39 is 0 Å². The van der Waals surface area contributed by atoms with Crippen molar-refractivity contribution in [3.63, 3.8) is 0 Å². The highest BCUT2D eigenvalue weighted by Gasteiger charge is 2.11. The third kappa shape index (κ3) is 1.39. The lowest BCUT2D eigenvalue weighted by molar-refractivity contribution is 1.05. The van der Waals surface area contributed by atoms with Crippen LogP contribution in [0.15, 0.2) is 24.4 Å². The van der Waals surface area contributed by atoms with Crippen LogP contribution in [-0.2, 0) is 5.33 Å². The van der Waals surface area contributed by atoms with Gasteiger partial charge in [0.1, 0.15) is 5.65 Å². The number of halogens is 1. The number of imidazole rings is 1. The average Bonchev–Trinajstić information content (AvgIpc) is 2.56. The van der Waals surface area contributed by atoms with Crippen LogP contribution in [0.1, 0.15) is 5.69 Å². The van der Waals surface area contributed by atoms with Crippen molar-refractivity contribution in [1.29, 1.82) is 0 Å². The summed E-state index contributed by atoms with van der Waals surface area (Å²) >= 11 is 3.49. The first-order chi connectivity index (χ1) is 6.74. The summed E-state index contributed by atoms with van der Waals surface area (Å²) in [7, 11) is 4.02. The third-order valence-corrected chi connectivity index (χ3v) is 2.69. The van der Waals surface area contributed by atoms with Gasteiger partial charge in [-0.3, -0.25) is 0 Å². The first-order valence-corrected chi connectivity index (χ1v) is 5.55. The minimum absolute atomic E-state index is 0.811. The predicted molar refractivity (Wildman–Crippen MR) is 62.2 cm³/mol. The van der Waals surface area contributed by atoms with E-state index in [2.05, 4.69) is 25.3 Å². The summed E-state index contributed by atoms with van der Waals surface area (Å²) < 4.78 is 2.10. The molecule has 0 N–H and O–H groups in total. The highest BCUT2D eigenvalue weighted by atomic mass is 79.9. The molecule has 0 radical (unpaired) electrons. The first kappa shape index (κ1) is 9.52. The van der Waals surface area contributed by atoms with Gasteiger partial charge in [-0.15, -0.1) is 0 Å². The highest BCUT2D eigenvalue weighted by molar-refractivity contribution is 9.08. The molecule has 0 bridgehead atoms. The van der Waals surface area contributed by atoms with E-state index >= 15 is 0 Å². The van der Waals surface area contributed by atoms with Crippen LogP contribution in [0.3, 0.4) is 0 Å². The Morgan fingerprint density at radius 2 is 2.21 bits per heavy atom. The smallest absolute Gasteiger partial charge is 0.151 e. The van der Waals surface area contributed by atoms with Crippen molar-refractivity contribution in [2.75, 3.05) is 19.0 Å². The van der Waals surface area contributed by atoms with Gasteiger partial charge in [-0.2, -0.15) is 0 Å². The molecule has 3 nitrogen and oxygen atoms in total. The molecule has 0 fully saturated rings. The molecule has 14 heavy (non-hydrogen) atoms. The normalized spacial score (nSPS) is 10.8. The second-order valence-corrected chi connectivity index (χ2v) is 3.90. The van der Waals surface area contributed by atoms with E-state index in [-0.39, 0.29) is 0 Å². The van der Waals surface area contributed by atoms with Gasteiger partial charge in [0.05, 0.1) is 5.69 Å². The number of pyridine rings is 1. The van der Waals surface area contributed by atoms with E-state index in [1.54, 1.807) is 0 Å². The van der Waals surface area contributed by atoms with Gasteiger partial charge in [0.2, 0.25) is 0 Å². The molecule has 0 aliphatic carbocycles. The molecule has 2 aromatic heterocycles. The summed E-state index contributed by atoms with van der Waals surface area (Å²) in [5.74, 6) is 1.02. The molecule has 0 aliphatic heterocycles. The van der Waals surface area contributed by atoms with E-state index in [0.29, 0.717) is 0 Å². The molecule has 0 amide bonds. The molecule has 0 atom stereocenters. The van der Waals surface area contributed by atoms with Gasteiger partial charge in [-0.1, -0.05) is 22.0 Å². The zero-order valence-electron chi connectivity index (χ0n) is 8.24. The monoisotopic (exact) mass is 253 g/mol. The number of anilines is 1. The Morgan fingerprint density at radius 3 is 2.86 bits per heavy atom. The highest BCUT2D eigenvalue weighted by Crippen LogP contribution is 2.21. The fraction of sp³-hybridized carbons (Fsp3) is 0.300. The molecule has 2 heterocycles. The van der Waals surface area contributed by atoms with Gasteiger partial charge >= 0.3 is 0 Å². The fourth-order valence-corrected chi connectivity index (χ4v) is 2.04. The van der Waals surface area contributed by atoms with Crippen molar-refractivity contribution >= 4 is 27.4 Å². The average molecular weight is 254 g/mol. The van der Waals surface area contributed by atoms with E-state index in [1.165, 1.54) is 5.69 Å². The van der Waals surface area contributed by atoms with Gasteiger partial charge in [0.15, 0.2) is 5.82 Å². The van der Waals surface area contributed by atoms with Crippen LogP contribution >= 0.6 is 15.9 Å². The molecule has 4 heteroatoms. The lowest BCUT2D eigenvalue weighted by Gasteiger charge is -2.09. The number of alkyl halides is 1. The van der Waals surface area contributed by atoms with Crippen LogP contribution in [0, 0.1) is 0 Å². The third-order valence-electron chi connectivity index (χ3n) is 2.16. The van der Waals surface area contributed by atoms with Gasteiger partial charge in [-0.05, 0) is 12.1 Å². The van der Waals surface area contributed by atoms with Gasteiger partial charge in [-0.25, -0.2) is 4.98 Å². The quantitative estimate of drug-likeness (QED) is 0.766. The summed E-state index contributed by atoms with van der Waals surface area (Å²) in [5.41, 5.74) is 2.18. The molecule has 0 aromatic carbocycles. The van der Waals surface area contributed by atoms with Gasteiger partial charge in [0, 0.05) is 25.6 Å². The van der Waals surface area contributed by atoms with Crippen LogP contribution in [0.5, 0.6) is 0 Å². The van der Waals surface area contributed by atoms with Crippen molar-refractivity contribution < 1.29 is 0 Å². The summed E-state index contributed by atoms with van der Waals surface area (Å²) in [6.45, 7) is 0. The number of nitrogens with zero attached hydrogens (tertiary/aromatic N) is 3. The maximum Gasteiger partial charge on any atom is 0.151 e. The number of hydrogen-bond acceptors (Lipinski definition) is 2. The van der Waals surface area contributed by atoms with Crippen LogP contribution in [0.2, 0.25) is 0 Å². The molecule has 74 valence electrons. The Hall–Kier alpha value is -1.03. The van der Waals surface area contributed by atoms with Crippen molar-refractivity contribution in [1.82, 2.24) is 9.38 Å². The number of aromatic nitrogens is 2. The van der Waals surface area contributed by atoms with E-state index in [1.807, 2.05) is 43.4 Å². The van der Waals surface area contributed by atoms with Crippen LogP contribution in [0.25, 0.3) is 5.65 Å². The Balaban J connectivity index is 2.72. The predicted octanol–water partition coefficient (Wildman–Crippen LogP) is 2.30. The fourth-order valence-electron chi connectivity index (χ4n) is 1.52. The largest absolute Gasteiger partial charge is 0.361 e. The molecule has 0 saturated heterocycles. The van der Waals surface area contributed by atoms with Crippen LogP contribution < -0.4 is 4.90 Å². The lowest BCUT2D eigenvalue weighted by atomic mass is 10.4. The van der Waals surface area contributed by atoms with E-state index in [0.717, 1.165) is 16.8 Å². The second-order valence-electron chi connectivity index (χ2n) is 3.34. The second kappa shape index (κ2) is 3.61.